The third-order valence-electron chi connectivity index (χ3n) is 3.27. The number of rotatable bonds is 7. The monoisotopic (exact) mass is 315 g/mol. The van der Waals surface area contributed by atoms with E-state index < -0.39 is 0 Å². The van der Waals surface area contributed by atoms with Crippen molar-refractivity contribution in [2.75, 3.05) is 13.2 Å². The molecule has 0 saturated carbocycles. The molecule has 0 fully saturated rings. The van der Waals surface area contributed by atoms with Gasteiger partial charge in [-0.3, -0.25) is 0 Å². The van der Waals surface area contributed by atoms with Crippen LogP contribution in [0.3, 0.4) is 0 Å². The minimum atomic E-state index is 0.368. The van der Waals surface area contributed by atoms with E-state index in [9.17, 15) is 0 Å². The van der Waals surface area contributed by atoms with Gasteiger partial charge >= 0.3 is 0 Å². The Hall–Kier alpha value is -2.07. The Bertz CT molecular complexity index is 640. The topological polar surface area (TPSA) is 44.5 Å². The standard InChI is InChI=1S/C18H21NO2S/c1-13(2)16-8-3-4-9-17(16)21-11-10-20-15-7-5-6-14(12-15)18(19)22/h3-9,12-13H,10-11H2,1-2H3,(H2,19,22). The quantitative estimate of drug-likeness (QED) is 0.621. The summed E-state index contributed by atoms with van der Waals surface area (Å²) in [4.78, 5) is 0.368. The first-order valence-corrected chi connectivity index (χ1v) is 7.73. The fraction of sp³-hybridized carbons (Fsp3) is 0.278. The van der Waals surface area contributed by atoms with Crippen LogP contribution in [-0.2, 0) is 0 Å². The SMILES string of the molecule is CC(C)c1ccccc1OCCOc1cccc(C(N)=S)c1. The van der Waals surface area contributed by atoms with E-state index in [2.05, 4.69) is 19.9 Å². The minimum absolute atomic E-state index is 0.368. The zero-order chi connectivity index (χ0) is 15.9. The van der Waals surface area contributed by atoms with Gasteiger partial charge in [0.1, 0.15) is 29.7 Å². The van der Waals surface area contributed by atoms with Crippen LogP contribution >= 0.6 is 12.2 Å². The van der Waals surface area contributed by atoms with Gasteiger partial charge in [0.25, 0.3) is 0 Å². The van der Waals surface area contributed by atoms with Crippen LogP contribution < -0.4 is 15.2 Å². The van der Waals surface area contributed by atoms with E-state index in [0.717, 1.165) is 17.1 Å². The molecule has 0 aromatic heterocycles. The number of thiocarbonyl (C=S) groups is 1. The minimum Gasteiger partial charge on any atom is -0.490 e. The van der Waals surface area contributed by atoms with Gasteiger partial charge in [0.05, 0.1) is 0 Å². The highest BCUT2D eigenvalue weighted by atomic mass is 32.1. The van der Waals surface area contributed by atoms with Crippen molar-refractivity contribution in [3.8, 4) is 11.5 Å². The van der Waals surface area contributed by atoms with Gasteiger partial charge in [-0.2, -0.15) is 0 Å². The maximum atomic E-state index is 5.82. The summed E-state index contributed by atoms with van der Waals surface area (Å²) in [5.74, 6) is 2.09. The van der Waals surface area contributed by atoms with Crippen molar-refractivity contribution in [3.05, 3.63) is 59.7 Å². The molecule has 0 radical (unpaired) electrons. The summed E-state index contributed by atoms with van der Waals surface area (Å²) in [7, 11) is 0. The number of hydrogen-bond acceptors (Lipinski definition) is 3. The first-order chi connectivity index (χ1) is 10.6. The second-order valence-corrected chi connectivity index (χ2v) is 5.72. The van der Waals surface area contributed by atoms with Crippen LogP contribution in [0.15, 0.2) is 48.5 Å². The van der Waals surface area contributed by atoms with Crippen LogP contribution in [0, 0.1) is 0 Å². The van der Waals surface area contributed by atoms with Crippen LogP contribution in [0.4, 0.5) is 0 Å². The predicted octanol–water partition coefficient (Wildman–Crippen LogP) is 3.90. The average Bonchev–Trinajstić information content (AvgIpc) is 2.52. The molecule has 0 amide bonds. The zero-order valence-electron chi connectivity index (χ0n) is 12.9. The molecule has 3 nitrogen and oxygen atoms in total. The van der Waals surface area contributed by atoms with Crippen LogP contribution in [0.5, 0.6) is 11.5 Å². The summed E-state index contributed by atoms with van der Waals surface area (Å²) in [6.45, 7) is 5.26. The molecule has 0 spiro atoms. The highest BCUT2D eigenvalue weighted by Gasteiger charge is 2.06. The summed E-state index contributed by atoms with van der Waals surface area (Å²) in [5, 5.41) is 0. The fourth-order valence-corrected chi connectivity index (χ4v) is 2.27. The van der Waals surface area contributed by atoms with Crippen molar-refractivity contribution in [2.45, 2.75) is 19.8 Å². The zero-order valence-corrected chi connectivity index (χ0v) is 13.7. The van der Waals surface area contributed by atoms with E-state index in [1.54, 1.807) is 0 Å². The lowest BCUT2D eigenvalue weighted by Gasteiger charge is -2.14. The Morgan fingerprint density at radius 1 is 1.05 bits per heavy atom. The van der Waals surface area contributed by atoms with E-state index >= 15 is 0 Å². The molecule has 0 aliphatic rings. The van der Waals surface area contributed by atoms with Crippen molar-refractivity contribution >= 4 is 17.2 Å². The Labute approximate surface area is 137 Å². The maximum absolute atomic E-state index is 5.82. The van der Waals surface area contributed by atoms with Crippen molar-refractivity contribution in [1.29, 1.82) is 0 Å². The van der Waals surface area contributed by atoms with Crippen molar-refractivity contribution in [2.24, 2.45) is 5.73 Å². The Morgan fingerprint density at radius 3 is 2.50 bits per heavy atom. The molecule has 2 aromatic carbocycles. The van der Waals surface area contributed by atoms with Gasteiger partial charge in [0.2, 0.25) is 0 Å². The molecule has 22 heavy (non-hydrogen) atoms. The molecule has 0 aliphatic carbocycles. The lowest BCUT2D eigenvalue weighted by atomic mass is 10.0. The normalized spacial score (nSPS) is 10.5. The van der Waals surface area contributed by atoms with Gasteiger partial charge in [0.15, 0.2) is 0 Å². The molecule has 2 rings (SSSR count). The van der Waals surface area contributed by atoms with E-state index in [-0.39, 0.29) is 0 Å². The van der Waals surface area contributed by atoms with E-state index in [0.29, 0.717) is 24.1 Å². The number of ether oxygens (including phenoxy) is 2. The molecule has 4 heteroatoms. The first-order valence-electron chi connectivity index (χ1n) is 7.32. The number of hydrogen-bond donors (Lipinski definition) is 1. The molecule has 0 aliphatic heterocycles. The van der Waals surface area contributed by atoms with Gasteiger partial charge < -0.3 is 15.2 Å². The largest absolute Gasteiger partial charge is 0.490 e. The molecule has 0 heterocycles. The third-order valence-corrected chi connectivity index (χ3v) is 3.50. The van der Waals surface area contributed by atoms with Crippen LogP contribution in [0.25, 0.3) is 0 Å². The Kier molecular flexibility index (Phi) is 5.78. The summed E-state index contributed by atoms with van der Waals surface area (Å²) < 4.78 is 11.5. The molecule has 2 N–H and O–H groups in total. The fourth-order valence-electron chi connectivity index (χ4n) is 2.14. The highest BCUT2D eigenvalue weighted by molar-refractivity contribution is 7.80. The van der Waals surface area contributed by atoms with Gasteiger partial charge in [-0.1, -0.05) is 56.4 Å². The Morgan fingerprint density at radius 2 is 1.77 bits per heavy atom. The molecule has 0 saturated heterocycles. The summed E-state index contributed by atoms with van der Waals surface area (Å²) >= 11 is 4.96. The average molecular weight is 315 g/mol. The van der Waals surface area contributed by atoms with Crippen molar-refractivity contribution < 1.29 is 9.47 Å². The van der Waals surface area contributed by atoms with Gasteiger partial charge in [0, 0.05) is 5.56 Å². The summed E-state index contributed by atoms with van der Waals surface area (Å²) in [6.07, 6.45) is 0. The highest BCUT2D eigenvalue weighted by Crippen LogP contribution is 2.25. The lowest BCUT2D eigenvalue weighted by Crippen LogP contribution is -2.12. The van der Waals surface area contributed by atoms with Gasteiger partial charge in [-0.25, -0.2) is 0 Å². The summed E-state index contributed by atoms with van der Waals surface area (Å²) in [6, 6.07) is 15.5. The van der Waals surface area contributed by atoms with E-state index in [4.69, 9.17) is 27.4 Å². The number of para-hydroxylation sites is 1. The molecular formula is C18H21NO2S. The molecule has 116 valence electrons. The Balaban J connectivity index is 1.87. The van der Waals surface area contributed by atoms with Crippen LogP contribution in [-0.4, -0.2) is 18.2 Å². The molecular weight excluding hydrogens is 294 g/mol. The van der Waals surface area contributed by atoms with Crippen LogP contribution in [0.1, 0.15) is 30.9 Å². The van der Waals surface area contributed by atoms with E-state index in [1.807, 2.05) is 42.5 Å². The van der Waals surface area contributed by atoms with Crippen molar-refractivity contribution in [3.63, 3.8) is 0 Å². The molecule has 2 aromatic rings. The summed E-state index contributed by atoms with van der Waals surface area (Å²) in [5.41, 5.74) is 7.62. The smallest absolute Gasteiger partial charge is 0.122 e. The van der Waals surface area contributed by atoms with E-state index in [1.165, 1.54) is 5.56 Å². The second kappa shape index (κ2) is 7.80. The molecule has 0 bridgehead atoms. The molecule has 0 atom stereocenters. The number of nitrogens with two attached hydrogens (primary N) is 1. The maximum Gasteiger partial charge on any atom is 0.122 e. The second-order valence-electron chi connectivity index (χ2n) is 5.28. The first kappa shape index (κ1) is 16.3. The van der Waals surface area contributed by atoms with Gasteiger partial charge in [-0.15, -0.1) is 0 Å². The lowest BCUT2D eigenvalue weighted by molar-refractivity contribution is 0.215. The van der Waals surface area contributed by atoms with Gasteiger partial charge in [-0.05, 0) is 29.7 Å². The number of benzene rings is 2. The van der Waals surface area contributed by atoms with Crippen molar-refractivity contribution in [1.82, 2.24) is 0 Å². The predicted molar refractivity (Wildman–Crippen MR) is 93.9 cm³/mol. The van der Waals surface area contributed by atoms with Crippen LogP contribution in [0.2, 0.25) is 0 Å². The molecule has 0 unspecified atom stereocenters. The third kappa shape index (κ3) is 4.46.